The summed E-state index contributed by atoms with van der Waals surface area (Å²) in [5, 5.41) is 0. The molecule has 0 aliphatic heterocycles. The Morgan fingerprint density at radius 3 is 2.67 bits per heavy atom. The molecule has 1 aromatic carbocycles. The number of hydrogen-bond acceptors (Lipinski definition) is 3. The molecule has 3 nitrogen and oxygen atoms in total. The number of rotatable bonds is 4. The van der Waals surface area contributed by atoms with Crippen molar-refractivity contribution in [2.45, 2.75) is 45.3 Å². The lowest BCUT2D eigenvalue weighted by molar-refractivity contribution is 0.0907. The van der Waals surface area contributed by atoms with E-state index in [-0.39, 0.29) is 23.8 Å². The van der Waals surface area contributed by atoms with Crippen molar-refractivity contribution in [2.75, 3.05) is 0 Å². The van der Waals surface area contributed by atoms with Crippen LogP contribution >= 0.6 is 0 Å². The lowest BCUT2D eigenvalue weighted by Crippen LogP contribution is -2.31. The highest BCUT2D eigenvalue weighted by atomic mass is 16.5. The molecular weight excluding hydrogens is 226 g/mol. The maximum absolute atomic E-state index is 12.5. The number of nitrogens with two attached hydrogens (primary N) is 1. The minimum atomic E-state index is -0.0399. The molecule has 0 spiro atoms. The van der Waals surface area contributed by atoms with E-state index in [1.807, 2.05) is 38.1 Å². The van der Waals surface area contributed by atoms with Crippen LogP contribution in [0.25, 0.3) is 0 Å². The zero-order valence-electron chi connectivity index (χ0n) is 11.1. The van der Waals surface area contributed by atoms with Gasteiger partial charge in [-0.3, -0.25) is 4.79 Å². The van der Waals surface area contributed by atoms with Crippen LogP contribution in [-0.4, -0.2) is 17.9 Å². The van der Waals surface area contributed by atoms with Crippen LogP contribution in [0.5, 0.6) is 5.75 Å². The smallest absolute Gasteiger partial charge is 0.171 e. The van der Waals surface area contributed by atoms with Gasteiger partial charge in [0.2, 0.25) is 0 Å². The average Bonchev–Trinajstić information content (AvgIpc) is 2.74. The quantitative estimate of drug-likeness (QED) is 0.832. The molecule has 0 saturated heterocycles. The van der Waals surface area contributed by atoms with Crippen molar-refractivity contribution < 1.29 is 9.53 Å². The van der Waals surface area contributed by atoms with E-state index in [2.05, 4.69) is 0 Å². The number of benzene rings is 1. The van der Waals surface area contributed by atoms with E-state index in [1.54, 1.807) is 0 Å². The lowest BCUT2D eigenvalue weighted by atomic mass is 9.93. The molecule has 1 aromatic rings. The number of hydrogen-bond donors (Lipinski definition) is 1. The Morgan fingerprint density at radius 2 is 2.06 bits per heavy atom. The summed E-state index contributed by atoms with van der Waals surface area (Å²) in [5.41, 5.74) is 6.68. The van der Waals surface area contributed by atoms with Gasteiger partial charge >= 0.3 is 0 Å². The third kappa shape index (κ3) is 2.72. The number of Topliss-reactive ketones (excluding diaryl/α,β-unsaturated/α-hetero) is 1. The summed E-state index contributed by atoms with van der Waals surface area (Å²) >= 11 is 0. The molecule has 1 aliphatic rings. The SMILES string of the molecule is CC(C)Oc1ccccc1C(=O)C1CCCC1N. The number of ketones is 1. The normalized spacial score (nSPS) is 23.3. The van der Waals surface area contributed by atoms with Crippen LogP contribution in [0.3, 0.4) is 0 Å². The van der Waals surface area contributed by atoms with Gasteiger partial charge in [0.25, 0.3) is 0 Å². The number of carbonyl (C=O) groups excluding carboxylic acids is 1. The van der Waals surface area contributed by atoms with Crippen LogP contribution in [0.4, 0.5) is 0 Å². The molecule has 0 radical (unpaired) electrons. The second-order valence-electron chi connectivity index (χ2n) is 5.23. The standard InChI is InChI=1S/C15H21NO2/c1-10(2)18-14-9-4-3-6-12(14)15(17)11-7-5-8-13(11)16/h3-4,6,9-11,13H,5,7-8,16H2,1-2H3. The van der Waals surface area contributed by atoms with Crippen molar-refractivity contribution in [2.24, 2.45) is 11.7 Å². The molecule has 0 amide bonds. The van der Waals surface area contributed by atoms with E-state index >= 15 is 0 Å². The van der Waals surface area contributed by atoms with Crippen molar-refractivity contribution in [3.63, 3.8) is 0 Å². The van der Waals surface area contributed by atoms with Crippen LogP contribution in [-0.2, 0) is 0 Å². The van der Waals surface area contributed by atoms with Crippen molar-refractivity contribution in [3.05, 3.63) is 29.8 Å². The van der Waals surface area contributed by atoms with Gasteiger partial charge < -0.3 is 10.5 Å². The second-order valence-corrected chi connectivity index (χ2v) is 5.23. The Bertz CT molecular complexity index is 428. The molecule has 0 heterocycles. The fraction of sp³-hybridized carbons (Fsp3) is 0.533. The molecule has 2 atom stereocenters. The summed E-state index contributed by atoms with van der Waals surface area (Å²) in [6.07, 6.45) is 2.96. The Labute approximate surface area is 108 Å². The minimum Gasteiger partial charge on any atom is -0.490 e. The third-order valence-electron chi connectivity index (χ3n) is 3.42. The molecule has 1 aliphatic carbocycles. The van der Waals surface area contributed by atoms with Gasteiger partial charge in [-0.15, -0.1) is 0 Å². The fourth-order valence-corrected chi connectivity index (χ4v) is 2.54. The largest absolute Gasteiger partial charge is 0.490 e. The Hall–Kier alpha value is -1.35. The summed E-state index contributed by atoms with van der Waals surface area (Å²) < 4.78 is 5.70. The van der Waals surface area contributed by atoms with Crippen molar-refractivity contribution in [3.8, 4) is 5.75 Å². The Morgan fingerprint density at radius 1 is 1.33 bits per heavy atom. The Kier molecular flexibility index (Phi) is 4.02. The summed E-state index contributed by atoms with van der Waals surface area (Å²) in [5.74, 6) is 0.773. The first-order valence-electron chi connectivity index (χ1n) is 6.65. The summed E-state index contributed by atoms with van der Waals surface area (Å²) in [7, 11) is 0. The highest BCUT2D eigenvalue weighted by Gasteiger charge is 2.32. The molecule has 0 bridgehead atoms. The maximum atomic E-state index is 12.5. The van der Waals surface area contributed by atoms with Gasteiger partial charge in [-0.2, -0.15) is 0 Å². The van der Waals surface area contributed by atoms with E-state index in [0.717, 1.165) is 19.3 Å². The highest BCUT2D eigenvalue weighted by Crippen LogP contribution is 2.30. The van der Waals surface area contributed by atoms with Crippen LogP contribution in [0, 0.1) is 5.92 Å². The number of ether oxygens (including phenoxy) is 1. The zero-order chi connectivity index (χ0) is 13.1. The molecular formula is C15H21NO2. The third-order valence-corrected chi connectivity index (χ3v) is 3.42. The van der Waals surface area contributed by atoms with Crippen LogP contribution in [0.1, 0.15) is 43.5 Å². The van der Waals surface area contributed by atoms with Crippen LogP contribution in [0.2, 0.25) is 0 Å². The molecule has 0 aromatic heterocycles. The topological polar surface area (TPSA) is 52.3 Å². The van der Waals surface area contributed by atoms with Gasteiger partial charge in [-0.1, -0.05) is 18.6 Å². The van der Waals surface area contributed by atoms with Crippen LogP contribution < -0.4 is 10.5 Å². The summed E-state index contributed by atoms with van der Waals surface area (Å²) in [6, 6.07) is 7.47. The second kappa shape index (κ2) is 5.53. The van der Waals surface area contributed by atoms with Crippen LogP contribution in [0.15, 0.2) is 24.3 Å². The van der Waals surface area contributed by atoms with Gasteiger partial charge in [-0.25, -0.2) is 0 Å². The maximum Gasteiger partial charge on any atom is 0.171 e. The van der Waals surface area contributed by atoms with E-state index in [1.165, 1.54) is 0 Å². The van der Waals surface area contributed by atoms with Gasteiger partial charge in [0.1, 0.15) is 5.75 Å². The molecule has 18 heavy (non-hydrogen) atoms. The van der Waals surface area contributed by atoms with Crippen molar-refractivity contribution in [1.29, 1.82) is 0 Å². The van der Waals surface area contributed by atoms with Gasteiger partial charge in [0.05, 0.1) is 11.7 Å². The molecule has 3 heteroatoms. The molecule has 1 saturated carbocycles. The summed E-state index contributed by atoms with van der Waals surface area (Å²) in [4.78, 5) is 12.5. The van der Waals surface area contributed by atoms with Crippen molar-refractivity contribution >= 4 is 5.78 Å². The highest BCUT2D eigenvalue weighted by molar-refractivity contribution is 6.00. The summed E-state index contributed by atoms with van der Waals surface area (Å²) in [6.45, 7) is 3.92. The van der Waals surface area contributed by atoms with E-state index in [0.29, 0.717) is 11.3 Å². The number of carbonyl (C=O) groups is 1. The number of para-hydroxylation sites is 1. The first-order chi connectivity index (χ1) is 8.59. The predicted octanol–water partition coefficient (Wildman–Crippen LogP) is 2.78. The molecule has 98 valence electrons. The van der Waals surface area contributed by atoms with Gasteiger partial charge in [-0.05, 0) is 38.8 Å². The first-order valence-corrected chi connectivity index (χ1v) is 6.65. The zero-order valence-corrected chi connectivity index (χ0v) is 11.1. The lowest BCUT2D eigenvalue weighted by Gasteiger charge is -2.18. The fourth-order valence-electron chi connectivity index (χ4n) is 2.54. The van der Waals surface area contributed by atoms with Crippen molar-refractivity contribution in [1.82, 2.24) is 0 Å². The van der Waals surface area contributed by atoms with E-state index in [4.69, 9.17) is 10.5 Å². The van der Waals surface area contributed by atoms with Gasteiger partial charge in [0, 0.05) is 12.0 Å². The predicted molar refractivity (Wildman–Crippen MR) is 71.9 cm³/mol. The molecule has 2 unspecified atom stereocenters. The average molecular weight is 247 g/mol. The van der Waals surface area contributed by atoms with E-state index in [9.17, 15) is 4.79 Å². The monoisotopic (exact) mass is 247 g/mol. The van der Waals surface area contributed by atoms with Gasteiger partial charge in [0.15, 0.2) is 5.78 Å². The molecule has 2 N–H and O–H groups in total. The molecule has 1 fully saturated rings. The minimum absolute atomic E-state index is 0.00426. The first kappa shape index (κ1) is 13.1. The Balaban J connectivity index is 2.24. The molecule has 2 rings (SSSR count). The van der Waals surface area contributed by atoms with E-state index < -0.39 is 0 Å².